The van der Waals surface area contributed by atoms with E-state index in [0.717, 1.165) is 6.07 Å². The fourth-order valence-electron chi connectivity index (χ4n) is 1.55. The summed E-state index contributed by atoms with van der Waals surface area (Å²) in [5.74, 6) is -12.8. The van der Waals surface area contributed by atoms with Gasteiger partial charge in [0, 0.05) is 11.6 Å². The molecule has 0 atom stereocenters. The molecule has 2 rings (SSSR count). The number of halogens is 6. The van der Waals surface area contributed by atoms with E-state index in [1.54, 1.807) is 0 Å². The number of phenolic OH excluding ortho intramolecular Hbond substituents is 1. The minimum Gasteiger partial charge on any atom is -0.508 e. The van der Waals surface area contributed by atoms with Crippen LogP contribution in [0.2, 0.25) is 0 Å². The van der Waals surface area contributed by atoms with Gasteiger partial charge in [0.1, 0.15) is 11.6 Å². The number of hydrogen-bond donors (Lipinski definition) is 1. The van der Waals surface area contributed by atoms with Crippen LogP contribution in [0.15, 0.2) is 18.2 Å². The van der Waals surface area contributed by atoms with Crippen molar-refractivity contribution in [3.63, 3.8) is 0 Å². The fourth-order valence-corrected chi connectivity index (χ4v) is 1.55. The van der Waals surface area contributed by atoms with Gasteiger partial charge in [0.05, 0.1) is 5.56 Å². The van der Waals surface area contributed by atoms with E-state index in [2.05, 4.69) is 0 Å². The molecular formula is C12H4F6O. The summed E-state index contributed by atoms with van der Waals surface area (Å²) in [6, 6.07) is 2.06. The second-order valence-corrected chi connectivity index (χ2v) is 3.61. The monoisotopic (exact) mass is 278 g/mol. The molecule has 0 saturated heterocycles. The van der Waals surface area contributed by atoms with Crippen LogP contribution in [0.3, 0.4) is 0 Å². The first-order valence-electron chi connectivity index (χ1n) is 4.85. The summed E-state index contributed by atoms with van der Waals surface area (Å²) < 4.78 is 79.0. The van der Waals surface area contributed by atoms with E-state index in [4.69, 9.17) is 5.11 Å². The molecule has 0 saturated carbocycles. The van der Waals surface area contributed by atoms with Crippen LogP contribution in [0.4, 0.5) is 26.3 Å². The van der Waals surface area contributed by atoms with Gasteiger partial charge in [-0.15, -0.1) is 0 Å². The zero-order valence-electron chi connectivity index (χ0n) is 8.95. The molecule has 1 nitrogen and oxygen atoms in total. The van der Waals surface area contributed by atoms with E-state index < -0.39 is 51.8 Å². The normalized spacial score (nSPS) is 10.8. The summed E-state index contributed by atoms with van der Waals surface area (Å²) in [5, 5.41) is 8.94. The minimum atomic E-state index is -2.32. The van der Waals surface area contributed by atoms with Crippen LogP contribution in [0.5, 0.6) is 5.75 Å². The topological polar surface area (TPSA) is 20.2 Å². The van der Waals surface area contributed by atoms with Crippen LogP contribution in [0, 0.1) is 34.9 Å². The van der Waals surface area contributed by atoms with Crippen molar-refractivity contribution in [2.75, 3.05) is 0 Å². The Morgan fingerprint density at radius 3 is 1.63 bits per heavy atom. The van der Waals surface area contributed by atoms with Gasteiger partial charge in [-0.2, -0.15) is 0 Å². The van der Waals surface area contributed by atoms with Crippen molar-refractivity contribution < 1.29 is 31.4 Å². The summed E-state index contributed by atoms with van der Waals surface area (Å²) in [6.07, 6.45) is 0. The van der Waals surface area contributed by atoms with Gasteiger partial charge in [-0.25, -0.2) is 26.3 Å². The largest absolute Gasteiger partial charge is 0.508 e. The van der Waals surface area contributed by atoms with Crippen molar-refractivity contribution in [2.24, 2.45) is 0 Å². The van der Waals surface area contributed by atoms with Crippen LogP contribution in [0.25, 0.3) is 11.1 Å². The van der Waals surface area contributed by atoms with Crippen LogP contribution in [0.1, 0.15) is 0 Å². The number of rotatable bonds is 1. The molecule has 100 valence electrons. The average Bonchev–Trinajstić information content (AvgIpc) is 2.37. The summed E-state index contributed by atoms with van der Waals surface area (Å²) in [5.41, 5.74) is -2.22. The second kappa shape index (κ2) is 4.49. The molecule has 0 amide bonds. The van der Waals surface area contributed by atoms with Crippen molar-refractivity contribution in [3.8, 4) is 16.9 Å². The molecule has 2 aromatic carbocycles. The fraction of sp³-hybridized carbons (Fsp3) is 0. The van der Waals surface area contributed by atoms with Crippen LogP contribution in [-0.2, 0) is 0 Å². The van der Waals surface area contributed by atoms with Crippen molar-refractivity contribution in [1.82, 2.24) is 0 Å². The SMILES string of the molecule is Oc1ccc(-c2c(F)c(F)c(F)c(F)c2F)c(F)c1. The third-order valence-corrected chi connectivity index (χ3v) is 2.43. The number of benzene rings is 2. The highest BCUT2D eigenvalue weighted by Gasteiger charge is 2.27. The molecule has 1 N–H and O–H groups in total. The lowest BCUT2D eigenvalue weighted by atomic mass is 10.0. The lowest BCUT2D eigenvalue weighted by Gasteiger charge is -2.09. The third-order valence-electron chi connectivity index (χ3n) is 2.43. The van der Waals surface area contributed by atoms with E-state index >= 15 is 0 Å². The highest BCUT2D eigenvalue weighted by Crippen LogP contribution is 2.33. The molecular weight excluding hydrogens is 274 g/mol. The predicted molar refractivity (Wildman–Crippen MR) is 53.3 cm³/mol. The van der Waals surface area contributed by atoms with Gasteiger partial charge in [0.2, 0.25) is 5.82 Å². The summed E-state index contributed by atoms with van der Waals surface area (Å²) >= 11 is 0. The molecule has 0 aliphatic heterocycles. The lowest BCUT2D eigenvalue weighted by Crippen LogP contribution is -2.04. The Morgan fingerprint density at radius 2 is 1.16 bits per heavy atom. The zero-order chi connectivity index (χ0) is 14.3. The Kier molecular flexibility index (Phi) is 3.13. The minimum absolute atomic E-state index is 0.493. The van der Waals surface area contributed by atoms with E-state index in [1.807, 2.05) is 0 Å². The number of aromatic hydroxyl groups is 1. The summed E-state index contributed by atoms with van der Waals surface area (Å²) in [7, 11) is 0. The molecule has 0 heterocycles. The second-order valence-electron chi connectivity index (χ2n) is 3.61. The van der Waals surface area contributed by atoms with Crippen molar-refractivity contribution in [2.45, 2.75) is 0 Å². The maximum atomic E-state index is 13.4. The van der Waals surface area contributed by atoms with Gasteiger partial charge >= 0.3 is 0 Å². The van der Waals surface area contributed by atoms with Gasteiger partial charge in [0.15, 0.2) is 23.3 Å². The van der Waals surface area contributed by atoms with Crippen LogP contribution < -0.4 is 0 Å². The average molecular weight is 278 g/mol. The first-order chi connectivity index (χ1) is 8.84. The van der Waals surface area contributed by atoms with E-state index in [-0.39, 0.29) is 0 Å². The summed E-state index contributed by atoms with van der Waals surface area (Å²) in [4.78, 5) is 0. The molecule has 19 heavy (non-hydrogen) atoms. The Morgan fingerprint density at radius 1 is 0.684 bits per heavy atom. The molecule has 0 fully saturated rings. The molecule has 0 unspecified atom stereocenters. The van der Waals surface area contributed by atoms with E-state index in [9.17, 15) is 26.3 Å². The smallest absolute Gasteiger partial charge is 0.200 e. The van der Waals surface area contributed by atoms with Crippen LogP contribution >= 0.6 is 0 Å². The van der Waals surface area contributed by atoms with Gasteiger partial charge < -0.3 is 5.11 Å². The quantitative estimate of drug-likeness (QED) is 0.476. The Balaban J connectivity index is 2.83. The summed E-state index contributed by atoms with van der Waals surface area (Å²) in [6.45, 7) is 0. The highest BCUT2D eigenvalue weighted by atomic mass is 19.2. The van der Waals surface area contributed by atoms with Crippen molar-refractivity contribution in [3.05, 3.63) is 53.1 Å². The van der Waals surface area contributed by atoms with Gasteiger partial charge in [-0.3, -0.25) is 0 Å². The van der Waals surface area contributed by atoms with Crippen molar-refractivity contribution in [1.29, 1.82) is 0 Å². The third kappa shape index (κ3) is 2.00. The molecule has 7 heteroatoms. The maximum Gasteiger partial charge on any atom is 0.200 e. The Hall–Kier alpha value is -2.18. The molecule has 0 radical (unpaired) electrons. The van der Waals surface area contributed by atoms with Gasteiger partial charge in [-0.1, -0.05) is 0 Å². The van der Waals surface area contributed by atoms with Crippen molar-refractivity contribution >= 4 is 0 Å². The molecule has 0 aliphatic carbocycles. The maximum absolute atomic E-state index is 13.4. The van der Waals surface area contributed by atoms with Crippen LogP contribution in [-0.4, -0.2) is 5.11 Å². The molecule has 0 spiro atoms. The van der Waals surface area contributed by atoms with E-state index in [1.165, 1.54) is 0 Å². The first-order valence-corrected chi connectivity index (χ1v) is 4.85. The Bertz CT molecular complexity index is 639. The molecule has 0 bridgehead atoms. The lowest BCUT2D eigenvalue weighted by molar-refractivity contribution is 0.381. The molecule has 2 aromatic rings. The first kappa shape index (κ1) is 13.3. The Labute approximate surface area is 102 Å². The standard InChI is InChI=1S/C12H4F6O/c13-6-3-4(19)1-2-5(6)7-8(14)10(16)12(18)11(17)9(7)15/h1-3,19H. The number of phenols is 1. The number of hydrogen-bond acceptors (Lipinski definition) is 1. The van der Waals surface area contributed by atoms with Gasteiger partial charge in [-0.05, 0) is 12.1 Å². The van der Waals surface area contributed by atoms with Gasteiger partial charge in [0.25, 0.3) is 0 Å². The molecule has 0 aromatic heterocycles. The zero-order valence-corrected chi connectivity index (χ0v) is 8.95. The molecule has 0 aliphatic rings. The predicted octanol–water partition coefficient (Wildman–Crippen LogP) is 3.89. The highest BCUT2D eigenvalue weighted by molar-refractivity contribution is 5.66. The van der Waals surface area contributed by atoms with E-state index in [0.29, 0.717) is 12.1 Å².